The third-order valence-electron chi connectivity index (χ3n) is 2.98. The molecule has 0 radical (unpaired) electrons. The fourth-order valence-corrected chi connectivity index (χ4v) is 3.92. The van der Waals surface area contributed by atoms with Crippen molar-refractivity contribution in [1.29, 1.82) is 0 Å². The summed E-state index contributed by atoms with van der Waals surface area (Å²) in [4.78, 5) is 0.201. The number of hydrogen-bond acceptors (Lipinski definition) is 4. The van der Waals surface area contributed by atoms with Gasteiger partial charge in [-0.2, -0.15) is 0 Å². The first-order chi connectivity index (χ1) is 9.85. The number of nitrogen functional groups attached to an aromatic ring is 1. The van der Waals surface area contributed by atoms with E-state index in [2.05, 4.69) is 4.72 Å². The van der Waals surface area contributed by atoms with E-state index < -0.39 is 32.2 Å². The lowest BCUT2D eigenvalue weighted by Crippen LogP contribution is -2.24. The van der Waals surface area contributed by atoms with Crippen molar-refractivity contribution < 1.29 is 17.2 Å². The topological polar surface area (TPSA) is 72.2 Å². The number of nitrogens with one attached hydrogen (secondary N) is 1. The van der Waals surface area contributed by atoms with E-state index >= 15 is 0 Å². The highest BCUT2D eigenvalue weighted by Crippen LogP contribution is 2.22. The molecule has 0 atom stereocenters. The fraction of sp³-hybridized carbons (Fsp3) is 0.231. The van der Waals surface area contributed by atoms with Crippen LogP contribution in [0.15, 0.2) is 28.5 Å². The zero-order chi connectivity index (χ0) is 15.6. The molecule has 0 saturated carbocycles. The van der Waals surface area contributed by atoms with E-state index in [1.807, 2.05) is 18.4 Å². The number of nitrogens with two attached hydrogens (primary N) is 1. The highest BCUT2D eigenvalue weighted by Gasteiger charge is 2.21. The van der Waals surface area contributed by atoms with Gasteiger partial charge in [-0.05, 0) is 29.5 Å². The van der Waals surface area contributed by atoms with Crippen molar-refractivity contribution in [3.63, 3.8) is 0 Å². The summed E-state index contributed by atoms with van der Waals surface area (Å²) in [5, 5.41) is 1.86. The molecule has 0 amide bonds. The fourth-order valence-electron chi connectivity index (χ4n) is 1.83. The number of aryl methyl sites for hydroxylation is 1. The van der Waals surface area contributed by atoms with Crippen molar-refractivity contribution in [2.75, 3.05) is 5.73 Å². The van der Waals surface area contributed by atoms with Crippen LogP contribution in [0.2, 0.25) is 0 Å². The van der Waals surface area contributed by atoms with Crippen LogP contribution >= 0.6 is 11.3 Å². The van der Waals surface area contributed by atoms with Crippen LogP contribution in [0.1, 0.15) is 17.4 Å². The molecular formula is C13H14F2N2O2S2. The maximum absolute atomic E-state index is 13.6. The molecule has 0 spiro atoms. The van der Waals surface area contributed by atoms with Gasteiger partial charge in [0.2, 0.25) is 10.0 Å². The van der Waals surface area contributed by atoms with Gasteiger partial charge in [-0.1, -0.05) is 6.92 Å². The van der Waals surface area contributed by atoms with Gasteiger partial charge in [0.1, 0.15) is 16.5 Å². The largest absolute Gasteiger partial charge is 0.396 e. The van der Waals surface area contributed by atoms with Crippen LogP contribution in [-0.2, 0) is 23.0 Å². The molecule has 8 heteroatoms. The van der Waals surface area contributed by atoms with Crippen molar-refractivity contribution in [3.8, 4) is 0 Å². The Morgan fingerprint density at radius 1 is 1.29 bits per heavy atom. The first-order valence-corrected chi connectivity index (χ1v) is 8.51. The van der Waals surface area contributed by atoms with Gasteiger partial charge in [0, 0.05) is 17.5 Å². The van der Waals surface area contributed by atoms with Gasteiger partial charge in [-0.25, -0.2) is 21.9 Å². The van der Waals surface area contributed by atoms with Gasteiger partial charge < -0.3 is 5.73 Å². The Kier molecular flexibility index (Phi) is 4.60. The molecule has 0 aliphatic carbocycles. The van der Waals surface area contributed by atoms with E-state index in [-0.39, 0.29) is 6.54 Å². The lowest BCUT2D eigenvalue weighted by Gasteiger charge is -2.09. The molecule has 1 heterocycles. The molecule has 2 aromatic rings. The maximum Gasteiger partial charge on any atom is 0.243 e. The predicted molar refractivity (Wildman–Crippen MR) is 78.5 cm³/mol. The van der Waals surface area contributed by atoms with E-state index in [0.29, 0.717) is 6.07 Å². The second-order valence-corrected chi connectivity index (χ2v) is 7.09. The van der Waals surface area contributed by atoms with Crippen molar-refractivity contribution in [2.45, 2.75) is 24.8 Å². The molecule has 114 valence electrons. The number of benzene rings is 1. The van der Waals surface area contributed by atoms with E-state index in [0.717, 1.165) is 22.9 Å². The highest BCUT2D eigenvalue weighted by molar-refractivity contribution is 7.89. The van der Waals surface area contributed by atoms with Crippen molar-refractivity contribution in [2.24, 2.45) is 0 Å². The van der Waals surface area contributed by atoms with E-state index in [9.17, 15) is 17.2 Å². The molecule has 1 aromatic carbocycles. The summed E-state index contributed by atoms with van der Waals surface area (Å²) in [7, 11) is -4.10. The molecular weight excluding hydrogens is 318 g/mol. The Labute approximate surface area is 125 Å². The Hall–Kier alpha value is -1.51. The zero-order valence-corrected chi connectivity index (χ0v) is 12.8. The summed E-state index contributed by atoms with van der Waals surface area (Å²) < 4.78 is 53.2. The SMILES string of the molecule is CCc1ccsc1CNS(=O)(=O)c1cc(N)c(F)cc1F. The van der Waals surface area contributed by atoms with Gasteiger partial charge in [0.25, 0.3) is 0 Å². The smallest absolute Gasteiger partial charge is 0.243 e. The van der Waals surface area contributed by atoms with Crippen LogP contribution in [0, 0.1) is 11.6 Å². The zero-order valence-electron chi connectivity index (χ0n) is 11.2. The number of rotatable bonds is 5. The number of sulfonamides is 1. The third kappa shape index (κ3) is 3.39. The minimum Gasteiger partial charge on any atom is -0.396 e. The summed E-state index contributed by atoms with van der Waals surface area (Å²) in [6.45, 7) is 2.01. The molecule has 0 aliphatic heterocycles. The molecule has 1 aromatic heterocycles. The van der Waals surface area contributed by atoms with Crippen molar-refractivity contribution in [3.05, 3.63) is 45.7 Å². The Morgan fingerprint density at radius 2 is 2.00 bits per heavy atom. The summed E-state index contributed by atoms with van der Waals surface area (Å²) in [6, 6.07) is 3.15. The van der Waals surface area contributed by atoms with Gasteiger partial charge in [0.05, 0.1) is 5.69 Å². The molecule has 0 fully saturated rings. The number of thiophene rings is 1. The quantitative estimate of drug-likeness (QED) is 0.827. The normalized spacial score (nSPS) is 11.8. The Balaban J connectivity index is 2.25. The second-order valence-electron chi connectivity index (χ2n) is 4.35. The molecule has 3 N–H and O–H groups in total. The van der Waals surface area contributed by atoms with Crippen LogP contribution in [0.5, 0.6) is 0 Å². The first kappa shape index (κ1) is 15.9. The van der Waals surface area contributed by atoms with Gasteiger partial charge in [-0.3, -0.25) is 0 Å². The predicted octanol–water partition coefficient (Wildman–Crippen LogP) is 2.65. The number of halogens is 2. The summed E-state index contributed by atoms with van der Waals surface area (Å²) in [5.41, 5.74) is 5.91. The number of hydrogen-bond donors (Lipinski definition) is 2. The van der Waals surface area contributed by atoms with Crippen molar-refractivity contribution in [1.82, 2.24) is 4.72 Å². The standard InChI is InChI=1S/C13H14F2N2O2S2/c1-2-8-3-4-20-12(8)7-17-21(18,19)13-6-11(16)9(14)5-10(13)15/h3-6,17H,2,7,16H2,1H3. The highest BCUT2D eigenvalue weighted by atomic mass is 32.2. The Bertz CT molecular complexity index is 758. The molecule has 21 heavy (non-hydrogen) atoms. The van der Waals surface area contributed by atoms with Gasteiger partial charge in [0.15, 0.2) is 0 Å². The average Bonchev–Trinajstić information content (AvgIpc) is 2.88. The van der Waals surface area contributed by atoms with E-state index in [1.165, 1.54) is 11.3 Å². The first-order valence-electron chi connectivity index (χ1n) is 6.14. The van der Waals surface area contributed by atoms with Crippen LogP contribution in [0.3, 0.4) is 0 Å². The van der Waals surface area contributed by atoms with E-state index in [1.54, 1.807) is 0 Å². The maximum atomic E-state index is 13.6. The molecule has 0 bridgehead atoms. The summed E-state index contributed by atoms with van der Waals surface area (Å²) in [6.07, 6.45) is 0.776. The second kappa shape index (κ2) is 6.08. The molecule has 0 unspecified atom stereocenters. The molecule has 4 nitrogen and oxygen atoms in total. The monoisotopic (exact) mass is 332 g/mol. The minimum absolute atomic E-state index is 0.0555. The van der Waals surface area contributed by atoms with Crippen molar-refractivity contribution >= 4 is 27.0 Å². The van der Waals surface area contributed by atoms with Crippen LogP contribution in [0.25, 0.3) is 0 Å². The van der Waals surface area contributed by atoms with Crippen LogP contribution in [0.4, 0.5) is 14.5 Å². The average molecular weight is 332 g/mol. The summed E-state index contributed by atoms with van der Waals surface area (Å²) in [5.74, 6) is -2.16. The Morgan fingerprint density at radius 3 is 2.67 bits per heavy atom. The van der Waals surface area contributed by atoms with E-state index in [4.69, 9.17) is 5.73 Å². The molecule has 0 aliphatic rings. The third-order valence-corrected chi connectivity index (χ3v) is 5.36. The molecule has 0 saturated heterocycles. The molecule has 2 rings (SSSR count). The minimum atomic E-state index is -4.10. The van der Waals surface area contributed by atoms with Crippen LogP contribution in [-0.4, -0.2) is 8.42 Å². The lowest BCUT2D eigenvalue weighted by atomic mass is 10.2. The van der Waals surface area contributed by atoms with Gasteiger partial charge >= 0.3 is 0 Å². The lowest BCUT2D eigenvalue weighted by molar-refractivity contribution is 0.544. The summed E-state index contributed by atoms with van der Waals surface area (Å²) >= 11 is 1.41. The van der Waals surface area contributed by atoms with Crippen LogP contribution < -0.4 is 10.5 Å². The van der Waals surface area contributed by atoms with Gasteiger partial charge in [-0.15, -0.1) is 11.3 Å². The number of anilines is 1.